The lowest BCUT2D eigenvalue weighted by atomic mass is 9.92. The highest BCUT2D eigenvalue weighted by Crippen LogP contribution is 2.28. The first-order chi connectivity index (χ1) is 9.65. The Morgan fingerprint density at radius 1 is 1.45 bits per heavy atom. The number of fused-ring (bicyclic) bond motifs is 1. The fourth-order valence-electron chi connectivity index (χ4n) is 2.65. The largest absolute Gasteiger partial charge is 0.469 e. The zero-order chi connectivity index (χ0) is 14.1. The molecule has 1 N–H and O–H groups in total. The van der Waals surface area contributed by atoms with Crippen LogP contribution < -0.4 is 5.32 Å². The Balaban J connectivity index is 1.83. The average Bonchev–Trinajstić information content (AvgIpc) is 2.85. The fraction of sp³-hybridized carbons (Fsp3) is 0.400. The van der Waals surface area contributed by atoms with Crippen molar-refractivity contribution < 1.29 is 9.21 Å². The van der Waals surface area contributed by atoms with E-state index in [1.54, 1.807) is 13.0 Å². The number of nitrogens with one attached hydrogen (secondary N) is 1. The summed E-state index contributed by atoms with van der Waals surface area (Å²) in [5.41, 5.74) is 2.68. The Bertz CT molecular complexity index is 648. The monoisotopic (exact) mass is 271 g/mol. The zero-order valence-electron chi connectivity index (χ0n) is 11.6. The number of hydrogen-bond donors (Lipinski definition) is 1. The molecule has 0 saturated heterocycles. The molecule has 0 fully saturated rings. The van der Waals surface area contributed by atoms with Gasteiger partial charge in [0.25, 0.3) is 5.91 Å². The molecular formula is C15H17N3O2. The van der Waals surface area contributed by atoms with Gasteiger partial charge in [-0.25, -0.2) is 9.97 Å². The fourth-order valence-corrected chi connectivity index (χ4v) is 2.65. The first-order valence-corrected chi connectivity index (χ1v) is 6.82. The van der Waals surface area contributed by atoms with Crippen molar-refractivity contribution in [2.45, 2.75) is 39.2 Å². The van der Waals surface area contributed by atoms with Gasteiger partial charge in [0.15, 0.2) is 0 Å². The van der Waals surface area contributed by atoms with E-state index in [0.717, 1.165) is 36.3 Å². The lowest BCUT2D eigenvalue weighted by Crippen LogP contribution is -2.31. The molecule has 3 rings (SSSR count). The van der Waals surface area contributed by atoms with Crippen LogP contribution in [0.2, 0.25) is 0 Å². The van der Waals surface area contributed by atoms with Gasteiger partial charge < -0.3 is 9.73 Å². The lowest BCUT2D eigenvalue weighted by molar-refractivity contribution is 0.0931. The van der Waals surface area contributed by atoms with Gasteiger partial charge in [-0.05, 0) is 39.2 Å². The minimum atomic E-state index is -0.102. The van der Waals surface area contributed by atoms with Crippen LogP contribution in [0.5, 0.6) is 0 Å². The first-order valence-electron chi connectivity index (χ1n) is 6.82. The summed E-state index contributed by atoms with van der Waals surface area (Å²) in [4.78, 5) is 21.0. The van der Waals surface area contributed by atoms with Crippen LogP contribution in [0.4, 0.5) is 0 Å². The van der Waals surface area contributed by atoms with Crippen LogP contribution >= 0.6 is 0 Å². The molecule has 2 aromatic heterocycles. The standard InChI is InChI=1S/C15H17N3O2/c1-9-11(6-7-20-9)15(19)18-14-5-3-4-13-12(14)8-16-10(2)17-13/h6-8,14H,3-5H2,1-2H3,(H,18,19). The second-order valence-corrected chi connectivity index (χ2v) is 5.13. The van der Waals surface area contributed by atoms with Crippen molar-refractivity contribution in [2.75, 3.05) is 0 Å². The third kappa shape index (κ3) is 2.31. The minimum absolute atomic E-state index is 0.0128. The molecule has 1 atom stereocenters. The number of aromatic nitrogens is 2. The zero-order valence-corrected chi connectivity index (χ0v) is 11.6. The van der Waals surface area contributed by atoms with Gasteiger partial charge in [0.05, 0.1) is 17.9 Å². The van der Waals surface area contributed by atoms with E-state index in [-0.39, 0.29) is 11.9 Å². The quantitative estimate of drug-likeness (QED) is 0.911. The van der Waals surface area contributed by atoms with Gasteiger partial charge in [0, 0.05) is 17.5 Å². The van der Waals surface area contributed by atoms with Crippen LogP contribution in [0.15, 0.2) is 22.9 Å². The Labute approximate surface area is 117 Å². The van der Waals surface area contributed by atoms with Crippen LogP contribution in [0.25, 0.3) is 0 Å². The van der Waals surface area contributed by atoms with Crippen LogP contribution in [-0.4, -0.2) is 15.9 Å². The summed E-state index contributed by atoms with van der Waals surface area (Å²) in [5.74, 6) is 1.31. The molecule has 5 nitrogen and oxygen atoms in total. The molecule has 1 aliphatic rings. The highest BCUT2D eigenvalue weighted by Gasteiger charge is 2.24. The summed E-state index contributed by atoms with van der Waals surface area (Å²) < 4.78 is 5.17. The highest BCUT2D eigenvalue weighted by molar-refractivity contribution is 5.95. The summed E-state index contributed by atoms with van der Waals surface area (Å²) in [6, 6.07) is 1.68. The number of carbonyl (C=O) groups is 1. The molecule has 0 aliphatic heterocycles. The van der Waals surface area contributed by atoms with Crippen molar-refractivity contribution in [3.8, 4) is 0 Å². The van der Waals surface area contributed by atoms with Gasteiger partial charge in [-0.3, -0.25) is 4.79 Å². The molecule has 2 aromatic rings. The molecule has 2 heterocycles. The van der Waals surface area contributed by atoms with Crippen LogP contribution in [0.1, 0.15) is 52.1 Å². The molecule has 0 aromatic carbocycles. The predicted octanol–water partition coefficient (Wildman–Crippen LogP) is 2.49. The smallest absolute Gasteiger partial charge is 0.255 e. The Morgan fingerprint density at radius 3 is 3.05 bits per heavy atom. The average molecular weight is 271 g/mol. The number of nitrogens with zero attached hydrogens (tertiary/aromatic N) is 2. The van der Waals surface area contributed by atoms with Crippen LogP contribution in [0.3, 0.4) is 0 Å². The van der Waals surface area contributed by atoms with Gasteiger partial charge in [-0.15, -0.1) is 0 Å². The number of aryl methyl sites for hydroxylation is 3. The maximum atomic E-state index is 12.3. The van der Waals surface area contributed by atoms with Gasteiger partial charge in [0.2, 0.25) is 0 Å². The number of hydrogen-bond acceptors (Lipinski definition) is 4. The van der Waals surface area contributed by atoms with E-state index in [1.807, 2.05) is 13.1 Å². The van der Waals surface area contributed by atoms with Crippen molar-refractivity contribution in [3.63, 3.8) is 0 Å². The van der Waals surface area contributed by atoms with E-state index in [0.29, 0.717) is 11.3 Å². The summed E-state index contributed by atoms with van der Waals surface area (Å²) in [6.45, 7) is 3.67. The van der Waals surface area contributed by atoms with Crippen molar-refractivity contribution in [3.05, 3.63) is 46.9 Å². The second kappa shape index (κ2) is 5.07. The normalized spacial score (nSPS) is 17.6. The third-order valence-corrected chi connectivity index (χ3v) is 3.71. The second-order valence-electron chi connectivity index (χ2n) is 5.13. The van der Waals surface area contributed by atoms with E-state index in [2.05, 4.69) is 15.3 Å². The van der Waals surface area contributed by atoms with Crippen molar-refractivity contribution in [1.29, 1.82) is 0 Å². The van der Waals surface area contributed by atoms with Crippen LogP contribution in [-0.2, 0) is 6.42 Å². The van der Waals surface area contributed by atoms with E-state index in [1.165, 1.54) is 6.26 Å². The SMILES string of the molecule is Cc1ncc2c(n1)CCCC2NC(=O)c1ccoc1C. The summed E-state index contributed by atoms with van der Waals surface area (Å²) in [5, 5.41) is 3.06. The number of furan rings is 1. The van der Waals surface area contributed by atoms with E-state index in [4.69, 9.17) is 4.42 Å². The molecule has 0 saturated carbocycles. The lowest BCUT2D eigenvalue weighted by Gasteiger charge is -2.25. The summed E-state index contributed by atoms with van der Waals surface area (Å²) in [6.07, 6.45) is 6.27. The van der Waals surface area contributed by atoms with Crippen molar-refractivity contribution >= 4 is 5.91 Å². The molecule has 0 spiro atoms. The Hall–Kier alpha value is -2.17. The molecule has 0 radical (unpaired) electrons. The van der Waals surface area contributed by atoms with Gasteiger partial charge in [0.1, 0.15) is 11.6 Å². The van der Waals surface area contributed by atoms with E-state index < -0.39 is 0 Å². The minimum Gasteiger partial charge on any atom is -0.469 e. The molecule has 20 heavy (non-hydrogen) atoms. The van der Waals surface area contributed by atoms with Gasteiger partial charge >= 0.3 is 0 Å². The highest BCUT2D eigenvalue weighted by atomic mass is 16.3. The maximum Gasteiger partial charge on any atom is 0.255 e. The predicted molar refractivity (Wildman–Crippen MR) is 73.4 cm³/mol. The molecule has 5 heteroatoms. The number of carbonyl (C=O) groups excluding carboxylic acids is 1. The molecule has 1 aliphatic carbocycles. The first kappa shape index (κ1) is 12.8. The van der Waals surface area contributed by atoms with Crippen molar-refractivity contribution in [2.24, 2.45) is 0 Å². The molecule has 1 amide bonds. The summed E-state index contributed by atoms with van der Waals surface area (Å²) in [7, 11) is 0. The molecule has 104 valence electrons. The Morgan fingerprint density at radius 2 is 2.30 bits per heavy atom. The number of amides is 1. The topological polar surface area (TPSA) is 68.0 Å². The summed E-state index contributed by atoms with van der Waals surface area (Å²) >= 11 is 0. The number of rotatable bonds is 2. The molecular weight excluding hydrogens is 254 g/mol. The molecule has 0 bridgehead atoms. The van der Waals surface area contributed by atoms with Gasteiger partial charge in [-0.1, -0.05) is 0 Å². The molecule has 1 unspecified atom stereocenters. The van der Waals surface area contributed by atoms with E-state index in [9.17, 15) is 4.79 Å². The van der Waals surface area contributed by atoms with E-state index >= 15 is 0 Å². The van der Waals surface area contributed by atoms with Crippen LogP contribution in [0, 0.1) is 13.8 Å². The van der Waals surface area contributed by atoms with Crippen molar-refractivity contribution in [1.82, 2.24) is 15.3 Å². The third-order valence-electron chi connectivity index (χ3n) is 3.71. The maximum absolute atomic E-state index is 12.3. The Kier molecular flexibility index (Phi) is 3.26. The van der Waals surface area contributed by atoms with Gasteiger partial charge in [-0.2, -0.15) is 0 Å².